The number of rotatable bonds is 6. The lowest BCUT2D eigenvalue weighted by Gasteiger charge is -2.21. The van der Waals surface area contributed by atoms with Gasteiger partial charge in [-0.25, -0.2) is 0 Å². The van der Waals surface area contributed by atoms with Gasteiger partial charge in [-0.05, 0) is 23.4 Å². The van der Waals surface area contributed by atoms with E-state index in [2.05, 4.69) is 5.18 Å². The molecule has 108 valence electrons. The molecule has 0 saturated heterocycles. The molecule has 0 aromatic carbocycles. The number of pyridine rings is 1. The number of allylic oxidation sites excluding steroid dienone is 3. The first-order valence-corrected chi connectivity index (χ1v) is 6.21. The van der Waals surface area contributed by atoms with Crippen LogP contribution in [0.2, 0.25) is 0 Å². The van der Waals surface area contributed by atoms with Gasteiger partial charge in [0.2, 0.25) is 0 Å². The maximum Gasteiger partial charge on any atom is 0.254 e. The van der Waals surface area contributed by atoms with Crippen molar-refractivity contribution in [2.75, 3.05) is 6.73 Å². The number of hydrogen-bond acceptors (Lipinski definition) is 5. The highest BCUT2D eigenvalue weighted by atomic mass is 16.5. The number of primary amides is 1. The summed E-state index contributed by atoms with van der Waals surface area (Å²) in [6.45, 7) is 0.493. The van der Waals surface area contributed by atoms with E-state index in [1.165, 1.54) is 6.20 Å². The zero-order chi connectivity index (χ0) is 15.1. The van der Waals surface area contributed by atoms with Crippen molar-refractivity contribution < 1.29 is 14.1 Å². The first-order chi connectivity index (χ1) is 10.2. The van der Waals surface area contributed by atoms with Gasteiger partial charge in [-0.1, -0.05) is 6.08 Å². The summed E-state index contributed by atoms with van der Waals surface area (Å²) in [5.74, 6) is -0.490. The number of carbonyl (C=O) groups excluding carboxylic acids is 1. The van der Waals surface area contributed by atoms with Crippen LogP contribution in [0.15, 0.2) is 66.0 Å². The second-order valence-electron chi connectivity index (χ2n) is 4.26. The highest BCUT2D eigenvalue weighted by molar-refractivity contribution is 5.92. The SMILES string of the molecule is NC(=O)c1ccc[n+](COCN2C=CC=CC2=CN=O)c1. The Balaban J connectivity index is 1.92. The minimum absolute atomic E-state index is 0.246. The molecule has 0 aliphatic carbocycles. The predicted molar refractivity (Wildman–Crippen MR) is 75.1 cm³/mol. The number of aromatic nitrogens is 1. The van der Waals surface area contributed by atoms with Gasteiger partial charge in [-0.15, -0.1) is 4.91 Å². The highest BCUT2D eigenvalue weighted by Crippen LogP contribution is 2.12. The monoisotopic (exact) mass is 287 g/mol. The lowest BCUT2D eigenvalue weighted by molar-refractivity contribution is -0.733. The van der Waals surface area contributed by atoms with Crippen LogP contribution >= 0.6 is 0 Å². The van der Waals surface area contributed by atoms with Crippen molar-refractivity contribution in [1.29, 1.82) is 0 Å². The van der Waals surface area contributed by atoms with Crippen LogP contribution in [-0.4, -0.2) is 17.5 Å². The molecule has 1 aliphatic rings. The maximum atomic E-state index is 11.1. The number of amides is 1. The van der Waals surface area contributed by atoms with Crippen molar-refractivity contribution in [2.45, 2.75) is 6.73 Å². The zero-order valence-electron chi connectivity index (χ0n) is 11.3. The van der Waals surface area contributed by atoms with Crippen molar-refractivity contribution in [3.8, 4) is 0 Å². The molecule has 21 heavy (non-hydrogen) atoms. The van der Waals surface area contributed by atoms with Crippen LogP contribution < -0.4 is 10.3 Å². The standard InChI is InChI=1S/C14H14N4O3/c15-14(19)12-4-3-6-17(9-12)10-21-11-18-7-2-1-5-13(18)8-16-20/h1-9H,10-11H2,(H-,15,19)/p+1. The Morgan fingerprint density at radius 3 is 3.10 bits per heavy atom. The van der Waals surface area contributed by atoms with Crippen LogP contribution in [0, 0.1) is 4.91 Å². The van der Waals surface area contributed by atoms with E-state index in [0.29, 0.717) is 11.3 Å². The normalized spacial score (nSPS) is 15.4. The lowest BCUT2D eigenvalue weighted by Crippen LogP contribution is -2.37. The molecule has 2 N–H and O–H groups in total. The molecule has 1 aromatic heterocycles. The quantitative estimate of drug-likeness (QED) is 0.624. The van der Waals surface area contributed by atoms with Crippen LogP contribution in [-0.2, 0) is 11.5 Å². The number of carbonyl (C=O) groups is 1. The molecule has 0 saturated carbocycles. The molecular weight excluding hydrogens is 272 g/mol. The Labute approximate surface area is 121 Å². The van der Waals surface area contributed by atoms with Gasteiger partial charge in [0.25, 0.3) is 12.6 Å². The topological polar surface area (TPSA) is 88.9 Å². The summed E-state index contributed by atoms with van der Waals surface area (Å²) in [5, 5.41) is 2.76. The molecule has 2 heterocycles. The van der Waals surface area contributed by atoms with E-state index in [1.54, 1.807) is 52.3 Å². The van der Waals surface area contributed by atoms with E-state index in [1.807, 2.05) is 6.08 Å². The minimum Gasteiger partial charge on any atom is -0.365 e. The third-order valence-electron chi connectivity index (χ3n) is 2.77. The molecule has 7 heteroatoms. The van der Waals surface area contributed by atoms with E-state index < -0.39 is 5.91 Å². The first kappa shape index (κ1) is 14.6. The fourth-order valence-electron chi connectivity index (χ4n) is 1.77. The summed E-state index contributed by atoms with van der Waals surface area (Å²) in [5.41, 5.74) is 6.27. The lowest BCUT2D eigenvalue weighted by atomic mass is 10.3. The molecule has 0 radical (unpaired) electrons. The summed E-state index contributed by atoms with van der Waals surface area (Å²) in [6.07, 6.45) is 11.8. The van der Waals surface area contributed by atoms with Gasteiger partial charge in [0.15, 0.2) is 12.4 Å². The van der Waals surface area contributed by atoms with Gasteiger partial charge < -0.3 is 15.4 Å². The number of nitroso groups, excluding NO2 is 1. The Morgan fingerprint density at radius 1 is 1.48 bits per heavy atom. The molecule has 0 fully saturated rings. The van der Waals surface area contributed by atoms with Crippen LogP contribution in [0.25, 0.3) is 0 Å². The summed E-state index contributed by atoms with van der Waals surface area (Å²) < 4.78 is 7.24. The van der Waals surface area contributed by atoms with Crippen molar-refractivity contribution in [3.63, 3.8) is 0 Å². The molecule has 0 unspecified atom stereocenters. The smallest absolute Gasteiger partial charge is 0.254 e. The Morgan fingerprint density at radius 2 is 2.33 bits per heavy atom. The molecule has 7 nitrogen and oxygen atoms in total. The molecule has 1 aliphatic heterocycles. The van der Waals surface area contributed by atoms with E-state index in [4.69, 9.17) is 10.5 Å². The summed E-state index contributed by atoms with van der Waals surface area (Å²) in [4.78, 5) is 23.1. The molecule has 1 amide bonds. The van der Waals surface area contributed by atoms with Crippen molar-refractivity contribution >= 4 is 5.91 Å². The molecule has 0 spiro atoms. The fourth-order valence-corrected chi connectivity index (χ4v) is 1.77. The summed E-state index contributed by atoms with van der Waals surface area (Å²) >= 11 is 0. The Kier molecular flexibility index (Phi) is 4.94. The minimum atomic E-state index is -0.490. The average Bonchev–Trinajstić information content (AvgIpc) is 2.49. The van der Waals surface area contributed by atoms with Crippen LogP contribution in [0.1, 0.15) is 10.4 Å². The van der Waals surface area contributed by atoms with Gasteiger partial charge in [-0.2, -0.15) is 4.57 Å². The van der Waals surface area contributed by atoms with Gasteiger partial charge >= 0.3 is 0 Å². The van der Waals surface area contributed by atoms with Crippen molar-refractivity contribution in [2.24, 2.45) is 10.9 Å². The molecule has 1 aromatic rings. The number of ether oxygens (including phenoxy) is 1. The Bertz CT molecular complexity index is 622. The second kappa shape index (κ2) is 7.11. The highest BCUT2D eigenvalue weighted by Gasteiger charge is 2.10. The van der Waals surface area contributed by atoms with E-state index in [0.717, 1.165) is 0 Å². The molecular formula is C14H15N4O3+. The largest absolute Gasteiger partial charge is 0.365 e. The van der Waals surface area contributed by atoms with Gasteiger partial charge in [0.1, 0.15) is 12.3 Å². The van der Waals surface area contributed by atoms with Gasteiger partial charge in [0.05, 0.1) is 11.9 Å². The average molecular weight is 287 g/mol. The Hall–Kier alpha value is -2.80. The maximum absolute atomic E-state index is 11.1. The number of nitrogens with two attached hydrogens (primary N) is 1. The molecule has 2 rings (SSSR count). The van der Waals surface area contributed by atoms with E-state index in [9.17, 15) is 9.70 Å². The number of nitrogens with zero attached hydrogens (tertiary/aromatic N) is 3. The summed E-state index contributed by atoms with van der Waals surface area (Å²) in [7, 11) is 0. The van der Waals surface area contributed by atoms with E-state index >= 15 is 0 Å². The van der Waals surface area contributed by atoms with Crippen molar-refractivity contribution in [3.05, 3.63) is 71.3 Å². The second-order valence-corrected chi connectivity index (χ2v) is 4.26. The van der Waals surface area contributed by atoms with Crippen molar-refractivity contribution in [1.82, 2.24) is 4.90 Å². The number of hydrogen-bond donors (Lipinski definition) is 1. The zero-order valence-corrected chi connectivity index (χ0v) is 11.3. The van der Waals surface area contributed by atoms with Gasteiger partial charge in [0, 0.05) is 12.3 Å². The van der Waals surface area contributed by atoms with Crippen LogP contribution in [0.4, 0.5) is 0 Å². The third-order valence-corrected chi connectivity index (χ3v) is 2.77. The molecule has 0 atom stereocenters. The summed E-state index contributed by atoms with van der Waals surface area (Å²) in [6, 6.07) is 3.35. The first-order valence-electron chi connectivity index (χ1n) is 6.21. The third kappa shape index (κ3) is 4.08. The van der Waals surface area contributed by atoms with Crippen LogP contribution in [0.3, 0.4) is 0 Å². The fraction of sp³-hybridized carbons (Fsp3) is 0.143. The van der Waals surface area contributed by atoms with Crippen LogP contribution in [0.5, 0.6) is 0 Å². The van der Waals surface area contributed by atoms with Gasteiger partial charge in [-0.3, -0.25) is 4.79 Å². The molecule has 0 bridgehead atoms. The predicted octanol–water partition coefficient (Wildman–Crippen LogP) is 0.998. The van der Waals surface area contributed by atoms with E-state index in [-0.39, 0.29) is 13.5 Å².